The van der Waals surface area contributed by atoms with Crippen LogP contribution >= 0.6 is 0 Å². The number of hydrogen-bond donors (Lipinski definition) is 2. The Morgan fingerprint density at radius 3 is 2.60 bits per heavy atom. The number of nitrogens with one attached hydrogen (secondary N) is 1. The third-order valence-electron chi connectivity index (χ3n) is 3.37. The molecule has 1 unspecified atom stereocenters. The maximum absolute atomic E-state index is 12.4. The number of hydrogen-bond acceptors (Lipinski definition) is 3. The van der Waals surface area contributed by atoms with Crippen molar-refractivity contribution in [3.63, 3.8) is 0 Å². The van der Waals surface area contributed by atoms with Crippen molar-refractivity contribution in [1.82, 2.24) is 4.72 Å². The highest BCUT2D eigenvalue weighted by Gasteiger charge is 2.19. The summed E-state index contributed by atoms with van der Waals surface area (Å²) in [6.45, 7) is 6.19. The van der Waals surface area contributed by atoms with Crippen LogP contribution in [0.5, 0.6) is 0 Å². The van der Waals surface area contributed by atoms with Crippen LogP contribution in [0.3, 0.4) is 0 Å². The Balaban J connectivity index is 2.83. The van der Waals surface area contributed by atoms with E-state index in [0.717, 1.165) is 36.8 Å². The third kappa shape index (κ3) is 4.89. The van der Waals surface area contributed by atoms with E-state index in [2.05, 4.69) is 11.6 Å². The molecule has 0 radical (unpaired) electrons. The summed E-state index contributed by atoms with van der Waals surface area (Å²) in [5, 5.41) is 0. The predicted octanol–water partition coefficient (Wildman–Crippen LogP) is 2.70. The van der Waals surface area contributed by atoms with Gasteiger partial charge in [-0.15, -0.1) is 0 Å². The Labute approximate surface area is 122 Å². The highest BCUT2D eigenvalue weighted by atomic mass is 32.2. The molecule has 1 aromatic carbocycles. The minimum atomic E-state index is -3.47. The van der Waals surface area contributed by atoms with Gasteiger partial charge < -0.3 is 5.73 Å². The van der Waals surface area contributed by atoms with E-state index in [9.17, 15) is 8.42 Å². The second-order valence-corrected chi connectivity index (χ2v) is 7.00. The Morgan fingerprint density at radius 1 is 1.30 bits per heavy atom. The summed E-state index contributed by atoms with van der Waals surface area (Å²) in [6.07, 6.45) is 4.18. The first-order chi connectivity index (χ1) is 9.40. The second kappa shape index (κ2) is 7.76. The molecular formula is C15H26N2O2S. The molecular weight excluding hydrogens is 272 g/mol. The van der Waals surface area contributed by atoms with Gasteiger partial charge in [-0.25, -0.2) is 13.1 Å². The summed E-state index contributed by atoms with van der Waals surface area (Å²) in [5.41, 5.74) is 7.15. The fourth-order valence-electron chi connectivity index (χ4n) is 2.15. The van der Waals surface area contributed by atoms with Gasteiger partial charge in [0.1, 0.15) is 0 Å². The Morgan fingerprint density at radius 2 is 2.00 bits per heavy atom. The van der Waals surface area contributed by atoms with E-state index in [-0.39, 0.29) is 6.04 Å². The van der Waals surface area contributed by atoms with Crippen molar-refractivity contribution in [1.29, 1.82) is 0 Å². The van der Waals surface area contributed by atoms with Crippen LogP contribution in [0.1, 0.15) is 50.7 Å². The zero-order valence-corrected chi connectivity index (χ0v) is 13.5. The molecule has 114 valence electrons. The van der Waals surface area contributed by atoms with E-state index < -0.39 is 10.0 Å². The predicted molar refractivity (Wildman–Crippen MR) is 83.0 cm³/mol. The molecule has 0 aliphatic heterocycles. The van der Waals surface area contributed by atoms with E-state index in [4.69, 9.17) is 5.73 Å². The van der Waals surface area contributed by atoms with Gasteiger partial charge in [-0.3, -0.25) is 0 Å². The van der Waals surface area contributed by atoms with Gasteiger partial charge in [0.15, 0.2) is 0 Å². The molecule has 5 heteroatoms. The number of nitrogens with two attached hydrogens (primary N) is 1. The van der Waals surface area contributed by atoms with Crippen molar-refractivity contribution in [2.45, 2.75) is 63.9 Å². The van der Waals surface area contributed by atoms with E-state index in [1.165, 1.54) is 0 Å². The molecule has 0 aliphatic rings. The number of sulfonamides is 1. The van der Waals surface area contributed by atoms with E-state index in [1.807, 2.05) is 13.0 Å². The van der Waals surface area contributed by atoms with Gasteiger partial charge >= 0.3 is 0 Å². The minimum Gasteiger partial charge on any atom is -0.326 e. The summed E-state index contributed by atoms with van der Waals surface area (Å²) in [4.78, 5) is 0.336. The third-order valence-corrected chi connectivity index (χ3v) is 5.11. The first-order valence-corrected chi connectivity index (χ1v) is 8.71. The molecule has 3 N–H and O–H groups in total. The van der Waals surface area contributed by atoms with Crippen LogP contribution in [0.4, 0.5) is 0 Å². The van der Waals surface area contributed by atoms with Crippen LogP contribution in [0.2, 0.25) is 0 Å². The molecule has 0 aromatic heterocycles. The zero-order valence-electron chi connectivity index (χ0n) is 12.6. The number of unbranched alkanes of at least 4 members (excludes halogenated alkanes) is 2. The molecule has 1 aromatic rings. The molecule has 0 aliphatic carbocycles. The van der Waals surface area contributed by atoms with Gasteiger partial charge in [0.2, 0.25) is 10.0 Å². The van der Waals surface area contributed by atoms with Crippen LogP contribution in [-0.4, -0.2) is 14.5 Å². The first kappa shape index (κ1) is 17.1. The molecule has 4 nitrogen and oxygen atoms in total. The van der Waals surface area contributed by atoms with Crippen molar-refractivity contribution in [2.24, 2.45) is 5.73 Å². The van der Waals surface area contributed by atoms with Crippen LogP contribution in [0.15, 0.2) is 23.1 Å². The largest absolute Gasteiger partial charge is 0.326 e. The fourth-order valence-corrected chi connectivity index (χ4v) is 3.72. The average molecular weight is 298 g/mol. The van der Waals surface area contributed by atoms with Gasteiger partial charge in [-0.05, 0) is 37.5 Å². The topological polar surface area (TPSA) is 72.2 Å². The van der Waals surface area contributed by atoms with Gasteiger partial charge in [0.05, 0.1) is 4.90 Å². The number of benzene rings is 1. The SMILES string of the molecule is CCCCCC(C)NS(=O)(=O)c1cc(CN)ccc1C. The van der Waals surface area contributed by atoms with Crippen LogP contribution in [0.25, 0.3) is 0 Å². The molecule has 0 heterocycles. The van der Waals surface area contributed by atoms with Crippen LogP contribution < -0.4 is 10.5 Å². The van der Waals surface area contributed by atoms with Crippen LogP contribution in [0, 0.1) is 6.92 Å². The molecule has 0 spiro atoms. The number of rotatable bonds is 8. The Hall–Kier alpha value is -0.910. The van der Waals surface area contributed by atoms with Crippen molar-refractivity contribution >= 4 is 10.0 Å². The fraction of sp³-hybridized carbons (Fsp3) is 0.600. The average Bonchev–Trinajstić information content (AvgIpc) is 2.38. The minimum absolute atomic E-state index is 0.0486. The van der Waals surface area contributed by atoms with Gasteiger partial charge in [0, 0.05) is 12.6 Å². The summed E-state index contributed by atoms with van der Waals surface area (Å²) in [6, 6.07) is 5.28. The van der Waals surface area contributed by atoms with Gasteiger partial charge in [-0.2, -0.15) is 0 Å². The van der Waals surface area contributed by atoms with Gasteiger partial charge in [-0.1, -0.05) is 38.3 Å². The van der Waals surface area contributed by atoms with E-state index >= 15 is 0 Å². The second-order valence-electron chi connectivity index (χ2n) is 5.32. The number of aryl methyl sites for hydroxylation is 1. The summed E-state index contributed by atoms with van der Waals surface area (Å²) in [7, 11) is -3.47. The van der Waals surface area contributed by atoms with E-state index in [0.29, 0.717) is 11.4 Å². The highest BCUT2D eigenvalue weighted by Crippen LogP contribution is 2.18. The Kier molecular flexibility index (Phi) is 6.65. The molecule has 0 saturated heterocycles. The van der Waals surface area contributed by atoms with E-state index in [1.54, 1.807) is 19.1 Å². The lowest BCUT2D eigenvalue weighted by Gasteiger charge is -2.16. The quantitative estimate of drug-likeness (QED) is 0.725. The molecule has 0 bridgehead atoms. The Bertz CT molecular complexity index is 527. The molecule has 0 saturated carbocycles. The normalized spacial score (nSPS) is 13.4. The van der Waals surface area contributed by atoms with Crippen molar-refractivity contribution in [2.75, 3.05) is 0 Å². The molecule has 1 atom stereocenters. The lowest BCUT2D eigenvalue weighted by molar-refractivity contribution is 0.527. The first-order valence-electron chi connectivity index (χ1n) is 7.22. The summed E-state index contributed by atoms with van der Waals surface area (Å²) in [5.74, 6) is 0. The summed E-state index contributed by atoms with van der Waals surface area (Å²) < 4.78 is 27.6. The molecule has 1 rings (SSSR count). The van der Waals surface area contributed by atoms with Crippen molar-refractivity contribution in [3.8, 4) is 0 Å². The smallest absolute Gasteiger partial charge is 0.241 e. The maximum atomic E-state index is 12.4. The molecule has 0 fully saturated rings. The molecule has 20 heavy (non-hydrogen) atoms. The van der Waals surface area contributed by atoms with Crippen molar-refractivity contribution < 1.29 is 8.42 Å². The van der Waals surface area contributed by atoms with Crippen molar-refractivity contribution in [3.05, 3.63) is 29.3 Å². The highest BCUT2D eigenvalue weighted by molar-refractivity contribution is 7.89. The zero-order chi connectivity index (χ0) is 15.2. The van der Waals surface area contributed by atoms with Gasteiger partial charge in [0.25, 0.3) is 0 Å². The standard InChI is InChI=1S/C15H26N2O2S/c1-4-5-6-7-13(3)17-20(18,19)15-10-14(11-16)9-8-12(15)2/h8-10,13,17H,4-7,11,16H2,1-3H3. The lowest BCUT2D eigenvalue weighted by atomic mass is 10.1. The maximum Gasteiger partial charge on any atom is 0.241 e. The monoisotopic (exact) mass is 298 g/mol. The van der Waals surface area contributed by atoms with Crippen LogP contribution in [-0.2, 0) is 16.6 Å². The summed E-state index contributed by atoms with van der Waals surface area (Å²) >= 11 is 0. The molecule has 0 amide bonds. The lowest BCUT2D eigenvalue weighted by Crippen LogP contribution is -2.33.